The van der Waals surface area contributed by atoms with Gasteiger partial charge >= 0.3 is 0 Å². The second kappa shape index (κ2) is 9.93. The van der Waals surface area contributed by atoms with E-state index >= 15 is 0 Å². The summed E-state index contributed by atoms with van der Waals surface area (Å²) in [5, 5.41) is 4.16. The van der Waals surface area contributed by atoms with Gasteiger partial charge in [0.2, 0.25) is 5.91 Å². The maximum Gasteiger partial charge on any atom is 0.236 e. The smallest absolute Gasteiger partial charge is 0.236 e. The second-order valence-corrected chi connectivity index (χ2v) is 6.85. The molecule has 0 aromatic heterocycles. The number of nitrogens with one attached hydrogen (secondary N) is 1. The molecule has 4 nitrogen and oxygen atoms in total. The number of halogens is 2. The zero-order valence-corrected chi connectivity index (χ0v) is 16.5. The molecule has 1 aliphatic rings. The lowest BCUT2D eigenvalue weighted by molar-refractivity contribution is -0.132. The third-order valence-electron chi connectivity index (χ3n) is 4.65. The lowest BCUT2D eigenvalue weighted by Crippen LogP contribution is -2.49. The summed E-state index contributed by atoms with van der Waals surface area (Å²) in [5.41, 5.74) is 2.22. The third-order valence-corrected chi connectivity index (χ3v) is 4.99. The summed E-state index contributed by atoms with van der Waals surface area (Å²) in [7, 11) is 1.86. The molecule has 3 rings (SSSR count). The van der Waals surface area contributed by atoms with Crippen LogP contribution in [0.3, 0.4) is 0 Å². The summed E-state index contributed by atoms with van der Waals surface area (Å²) in [4.78, 5) is 16.7. The normalized spacial score (nSPS) is 17.4. The highest BCUT2D eigenvalue weighted by atomic mass is 35.5. The van der Waals surface area contributed by atoms with Gasteiger partial charge < -0.3 is 10.2 Å². The van der Waals surface area contributed by atoms with Crippen LogP contribution in [0.2, 0.25) is 5.02 Å². The van der Waals surface area contributed by atoms with Crippen molar-refractivity contribution < 1.29 is 4.79 Å². The first-order chi connectivity index (χ1) is 12.1. The molecule has 0 spiro atoms. The summed E-state index contributed by atoms with van der Waals surface area (Å²) in [5.74, 6) is 0.128. The fourth-order valence-corrected chi connectivity index (χ4v) is 3.49. The highest BCUT2D eigenvalue weighted by molar-refractivity contribution is 6.31. The highest BCUT2D eigenvalue weighted by Crippen LogP contribution is 2.28. The Balaban J connectivity index is 0.00000243. The van der Waals surface area contributed by atoms with Crippen molar-refractivity contribution in [3.05, 3.63) is 70.7 Å². The molecule has 1 heterocycles. The van der Waals surface area contributed by atoms with E-state index in [0.717, 1.165) is 35.8 Å². The largest absolute Gasteiger partial charge is 0.340 e. The van der Waals surface area contributed by atoms with Crippen LogP contribution >= 0.6 is 24.0 Å². The van der Waals surface area contributed by atoms with Crippen molar-refractivity contribution in [2.24, 2.45) is 0 Å². The van der Waals surface area contributed by atoms with Crippen molar-refractivity contribution in [3.8, 4) is 0 Å². The molecular formula is C20H25Cl2N3O. The van der Waals surface area contributed by atoms with Crippen LogP contribution in [0.1, 0.15) is 17.2 Å². The molecule has 140 valence electrons. The van der Waals surface area contributed by atoms with E-state index in [1.165, 1.54) is 0 Å². The molecule has 1 atom stereocenters. The van der Waals surface area contributed by atoms with E-state index < -0.39 is 0 Å². The average Bonchev–Trinajstić information content (AvgIpc) is 2.63. The van der Waals surface area contributed by atoms with Crippen molar-refractivity contribution in [1.29, 1.82) is 0 Å². The number of piperazine rings is 1. The van der Waals surface area contributed by atoms with Gasteiger partial charge in [-0.25, -0.2) is 0 Å². The number of nitrogens with zero attached hydrogens (tertiary/aromatic N) is 2. The lowest BCUT2D eigenvalue weighted by atomic mass is 10.0. The quantitative estimate of drug-likeness (QED) is 0.845. The first kappa shape index (κ1) is 20.7. The van der Waals surface area contributed by atoms with E-state index in [-0.39, 0.29) is 24.4 Å². The second-order valence-electron chi connectivity index (χ2n) is 6.45. The molecule has 1 fully saturated rings. The number of rotatable bonds is 5. The first-order valence-corrected chi connectivity index (χ1v) is 9.00. The van der Waals surface area contributed by atoms with Gasteiger partial charge in [-0.15, -0.1) is 12.4 Å². The highest BCUT2D eigenvalue weighted by Gasteiger charge is 2.27. The van der Waals surface area contributed by atoms with Crippen molar-refractivity contribution in [3.63, 3.8) is 0 Å². The minimum Gasteiger partial charge on any atom is -0.340 e. The number of hydrogen-bond donors (Lipinski definition) is 1. The van der Waals surface area contributed by atoms with Gasteiger partial charge in [0, 0.05) is 44.3 Å². The summed E-state index contributed by atoms with van der Waals surface area (Å²) in [6, 6.07) is 18.1. The number of carbonyl (C=O) groups excluding carboxylic acids is 1. The molecule has 1 N–H and O–H groups in total. The molecule has 1 aliphatic heterocycles. The maximum absolute atomic E-state index is 12.7. The number of amides is 1. The summed E-state index contributed by atoms with van der Waals surface area (Å²) < 4.78 is 0. The van der Waals surface area contributed by atoms with Gasteiger partial charge in [0.25, 0.3) is 0 Å². The maximum atomic E-state index is 12.7. The minimum absolute atomic E-state index is 0. The molecule has 6 heteroatoms. The van der Waals surface area contributed by atoms with Crippen LogP contribution in [0.5, 0.6) is 0 Å². The first-order valence-electron chi connectivity index (χ1n) is 8.62. The molecule has 1 saturated heterocycles. The zero-order chi connectivity index (χ0) is 17.6. The Morgan fingerprint density at radius 3 is 2.62 bits per heavy atom. The van der Waals surface area contributed by atoms with Gasteiger partial charge in [0.15, 0.2) is 0 Å². The molecule has 1 amide bonds. The Morgan fingerprint density at radius 2 is 1.88 bits per heavy atom. The zero-order valence-electron chi connectivity index (χ0n) is 14.9. The molecule has 0 radical (unpaired) electrons. The van der Waals surface area contributed by atoms with Crippen molar-refractivity contribution in [1.82, 2.24) is 15.1 Å². The molecule has 0 bridgehead atoms. The third kappa shape index (κ3) is 5.21. The fourth-order valence-electron chi connectivity index (χ4n) is 3.23. The molecule has 0 aliphatic carbocycles. The Kier molecular flexibility index (Phi) is 7.91. The van der Waals surface area contributed by atoms with E-state index in [0.29, 0.717) is 13.1 Å². The van der Waals surface area contributed by atoms with Crippen LogP contribution < -0.4 is 5.32 Å². The molecule has 0 saturated carbocycles. The number of benzene rings is 2. The summed E-state index contributed by atoms with van der Waals surface area (Å²) in [6.45, 7) is 3.56. The van der Waals surface area contributed by atoms with Gasteiger partial charge in [-0.1, -0.05) is 60.1 Å². The van der Waals surface area contributed by atoms with Crippen molar-refractivity contribution in [2.75, 3.05) is 33.2 Å². The standard InChI is InChI=1S/C20H24ClN3O.ClH/c1-23(14-16-7-3-2-4-8-16)20(25)15-24-12-11-22-13-19(24)17-9-5-6-10-18(17)21;/h2-10,19,22H,11-15H2,1H3;1H. The van der Waals surface area contributed by atoms with E-state index in [4.69, 9.17) is 11.6 Å². The number of carbonyl (C=O) groups is 1. The van der Waals surface area contributed by atoms with Crippen LogP contribution in [-0.2, 0) is 11.3 Å². The Bertz CT molecular complexity index is 711. The molecule has 2 aromatic rings. The summed E-state index contributed by atoms with van der Waals surface area (Å²) in [6.07, 6.45) is 0. The van der Waals surface area contributed by atoms with Crippen LogP contribution in [0, 0.1) is 0 Å². The number of hydrogen-bond acceptors (Lipinski definition) is 3. The van der Waals surface area contributed by atoms with Crippen molar-refractivity contribution >= 4 is 29.9 Å². The van der Waals surface area contributed by atoms with Gasteiger partial charge in [-0.3, -0.25) is 9.69 Å². The van der Waals surface area contributed by atoms with E-state index in [9.17, 15) is 4.79 Å². The Hall–Kier alpha value is -1.59. The monoisotopic (exact) mass is 393 g/mol. The molecule has 1 unspecified atom stereocenters. The van der Waals surface area contributed by atoms with Crippen LogP contribution in [-0.4, -0.2) is 48.9 Å². The molecule has 2 aromatic carbocycles. The predicted octanol–water partition coefficient (Wildman–Crippen LogP) is 3.37. The Morgan fingerprint density at radius 1 is 1.19 bits per heavy atom. The lowest BCUT2D eigenvalue weighted by Gasteiger charge is -2.37. The minimum atomic E-state index is 0. The summed E-state index contributed by atoms with van der Waals surface area (Å²) >= 11 is 6.38. The van der Waals surface area contributed by atoms with Gasteiger partial charge in [0.05, 0.1) is 6.54 Å². The topological polar surface area (TPSA) is 35.6 Å². The van der Waals surface area contributed by atoms with E-state index in [1.807, 2.05) is 61.6 Å². The van der Waals surface area contributed by atoms with E-state index in [1.54, 1.807) is 4.90 Å². The predicted molar refractivity (Wildman–Crippen MR) is 109 cm³/mol. The average molecular weight is 394 g/mol. The fraction of sp³-hybridized carbons (Fsp3) is 0.350. The SMILES string of the molecule is CN(Cc1ccccc1)C(=O)CN1CCNCC1c1ccccc1Cl.Cl. The number of likely N-dealkylation sites (N-methyl/N-ethyl adjacent to an activating group) is 1. The van der Waals surface area contributed by atoms with Crippen LogP contribution in [0.15, 0.2) is 54.6 Å². The Labute approximate surface area is 166 Å². The molecule has 26 heavy (non-hydrogen) atoms. The van der Waals surface area contributed by atoms with Crippen LogP contribution in [0.4, 0.5) is 0 Å². The van der Waals surface area contributed by atoms with Crippen LogP contribution in [0.25, 0.3) is 0 Å². The van der Waals surface area contributed by atoms with E-state index in [2.05, 4.69) is 10.2 Å². The van der Waals surface area contributed by atoms with Gasteiger partial charge in [-0.05, 0) is 17.2 Å². The van der Waals surface area contributed by atoms with Gasteiger partial charge in [0.1, 0.15) is 0 Å². The van der Waals surface area contributed by atoms with Gasteiger partial charge in [-0.2, -0.15) is 0 Å². The molecular weight excluding hydrogens is 369 g/mol. The van der Waals surface area contributed by atoms with Crippen molar-refractivity contribution in [2.45, 2.75) is 12.6 Å².